The van der Waals surface area contributed by atoms with Gasteiger partial charge in [0.15, 0.2) is 17.3 Å². The smallest absolute Gasteiger partial charge is 0.164 e. The van der Waals surface area contributed by atoms with E-state index in [0.29, 0.717) is 54.0 Å². The lowest BCUT2D eigenvalue weighted by Crippen LogP contribution is -2.16. The quantitative estimate of drug-likeness (QED) is 0.624. The largest absolute Gasteiger partial charge is 0.486 e. The Balaban J connectivity index is 2.25. The fourth-order valence-electron chi connectivity index (χ4n) is 1.64. The predicted octanol–water partition coefficient (Wildman–Crippen LogP) is 3.31. The first-order valence-electron chi connectivity index (χ1n) is 5.40. The molecule has 0 saturated carbocycles. The van der Waals surface area contributed by atoms with E-state index in [9.17, 15) is 4.79 Å². The van der Waals surface area contributed by atoms with Gasteiger partial charge in [0.05, 0.1) is 5.02 Å². The normalized spacial score (nSPS) is 13.5. The van der Waals surface area contributed by atoms with E-state index in [1.165, 1.54) is 0 Å². The number of fused-ring (bicyclic) bond motifs is 1. The molecule has 1 aliphatic rings. The molecule has 0 saturated heterocycles. The summed E-state index contributed by atoms with van der Waals surface area (Å²) < 4.78 is 10.8. The standard InChI is InChI=1S/C12H12Cl2O3/c13-3-1-2-10(15)8-6-11-12(7-9(8)14)17-5-4-16-11/h6-7H,1-5H2. The summed E-state index contributed by atoms with van der Waals surface area (Å²) in [4.78, 5) is 11.9. The molecule has 0 radical (unpaired) electrons. The molecule has 0 unspecified atom stereocenters. The van der Waals surface area contributed by atoms with Crippen LogP contribution in [-0.4, -0.2) is 24.9 Å². The highest BCUT2D eigenvalue weighted by molar-refractivity contribution is 6.34. The van der Waals surface area contributed by atoms with Crippen LogP contribution >= 0.6 is 23.2 Å². The summed E-state index contributed by atoms with van der Waals surface area (Å²) in [7, 11) is 0. The summed E-state index contributed by atoms with van der Waals surface area (Å²) in [5.74, 6) is 1.62. The van der Waals surface area contributed by atoms with Crippen molar-refractivity contribution in [3.8, 4) is 11.5 Å². The van der Waals surface area contributed by atoms with Gasteiger partial charge in [-0.05, 0) is 12.5 Å². The van der Waals surface area contributed by atoms with Gasteiger partial charge in [0.2, 0.25) is 0 Å². The SMILES string of the molecule is O=C(CCCCl)c1cc2c(cc1Cl)OCCO2. The number of halogens is 2. The van der Waals surface area contributed by atoms with Crippen LogP contribution in [0.4, 0.5) is 0 Å². The first-order chi connectivity index (χ1) is 8.22. The Morgan fingerprint density at radius 2 is 1.88 bits per heavy atom. The third-order valence-corrected chi connectivity index (χ3v) is 3.05. The Morgan fingerprint density at radius 3 is 2.53 bits per heavy atom. The molecule has 1 aliphatic heterocycles. The summed E-state index contributed by atoms with van der Waals surface area (Å²) in [6.07, 6.45) is 1.04. The molecule has 0 atom stereocenters. The average molecular weight is 275 g/mol. The fourth-order valence-corrected chi connectivity index (χ4v) is 2.03. The van der Waals surface area contributed by atoms with Crippen molar-refractivity contribution in [1.29, 1.82) is 0 Å². The van der Waals surface area contributed by atoms with Crippen LogP contribution in [0, 0.1) is 0 Å². The lowest BCUT2D eigenvalue weighted by molar-refractivity contribution is 0.0981. The highest BCUT2D eigenvalue weighted by Crippen LogP contribution is 2.35. The molecule has 1 aromatic rings. The van der Waals surface area contributed by atoms with Gasteiger partial charge in [-0.3, -0.25) is 4.79 Å². The second-order valence-corrected chi connectivity index (χ2v) is 4.48. The molecule has 2 rings (SSSR count). The van der Waals surface area contributed by atoms with Crippen molar-refractivity contribution in [2.45, 2.75) is 12.8 Å². The summed E-state index contributed by atoms with van der Waals surface area (Å²) in [5, 5.41) is 0.397. The van der Waals surface area contributed by atoms with Crippen molar-refractivity contribution >= 4 is 29.0 Å². The van der Waals surface area contributed by atoms with Crippen LogP contribution in [0.5, 0.6) is 11.5 Å². The van der Waals surface area contributed by atoms with Crippen molar-refractivity contribution in [2.24, 2.45) is 0 Å². The molecule has 0 aliphatic carbocycles. The summed E-state index contributed by atoms with van der Waals surface area (Å²) in [6.45, 7) is 0.993. The zero-order valence-electron chi connectivity index (χ0n) is 9.17. The summed E-state index contributed by atoms with van der Waals surface area (Å²) in [6, 6.07) is 3.28. The molecule has 0 N–H and O–H groups in total. The maximum Gasteiger partial charge on any atom is 0.164 e. The predicted molar refractivity (Wildman–Crippen MR) is 66.7 cm³/mol. The zero-order chi connectivity index (χ0) is 12.3. The fraction of sp³-hybridized carbons (Fsp3) is 0.417. The van der Waals surface area contributed by atoms with Gasteiger partial charge in [-0.15, -0.1) is 11.6 Å². The minimum absolute atomic E-state index is 0.0207. The monoisotopic (exact) mass is 274 g/mol. The second-order valence-electron chi connectivity index (χ2n) is 3.69. The number of carbonyl (C=O) groups is 1. The molecule has 92 valence electrons. The highest BCUT2D eigenvalue weighted by atomic mass is 35.5. The van der Waals surface area contributed by atoms with E-state index in [4.69, 9.17) is 32.7 Å². The van der Waals surface area contributed by atoms with E-state index in [2.05, 4.69) is 0 Å². The second kappa shape index (κ2) is 5.61. The third kappa shape index (κ3) is 2.85. The number of ether oxygens (including phenoxy) is 2. The minimum Gasteiger partial charge on any atom is -0.486 e. The van der Waals surface area contributed by atoms with Crippen molar-refractivity contribution < 1.29 is 14.3 Å². The lowest BCUT2D eigenvalue weighted by atomic mass is 10.1. The average Bonchev–Trinajstić information content (AvgIpc) is 2.35. The van der Waals surface area contributed by atoms with Crippen molar-refractivity contribution in [3.05, 3.63) is 22.7 Å². The van der Waals surface area contributed by atoms with Crippen LogP contribution < -0.4 is 9.47 Å². The van der Waals surface area contributed by atoms with E-state index in [-0.39, 0.29) is 5.78 Å². The number of ketones is 1. The Bertz CT molecular complexity index is 432. The molecule has 3 nitrogen and oxygen atoms in total. The van der Waals surface area contributed by atoms with E-state index in [0.717, 1.165) is 0 Å². The van der Waals surface area contributed by atoms with Gasteiger partial charge in [0.1, 0.15) is 13.2 Å². The van der Waals surface area contributed by atoms with Crippen LogP contribution in [-0.2, 0) is 0 Å². The van der Waals surface area contributed by atoms with Gasteiger partial charge < -0.3 is 9.47 Å². The van der Waals surface area contributed by atoms with Gasteiger partial charge in [0.25, 0.3) is 0 Å². The molecule has 0 fully saturated rings. The van der Waals surface area contributed by atoms with Gasteiger partial charge in [-0.2, -0.15) is 0 Å². The van der Waals surface area contributed by atoms with Gasteiger partial charge in [0, 0.05) is 23.9 Å². The number of hydrogen-bond donors (Lipinski definition) is 0. The van der Waals surface area contributed by atoms with Crippen molar-refractivity contribution in [3.63, 3.8) is 0 Å². The van der Waals surface area contributed by atoms with Crippen LogP contribution in [0.25, 0.3) is 0 Å². The Hall–Kier alpha value is -0.930. The van der Waals surface area contributed by atoms with Crippen molar-refractivity contribution in [1.82, 2.24) is 0 Å². The third-order valence-electron chi connectivity index (χ3n) is 2.47. The Kier molecular flexibility index (Phi) is 4.13. The number of carbonyl (C=O) groups excluding carboxylic acids is 1. The lowest BCUT2D eigenvalue weighted by Gasteiger charge is -2.19. The Labute approximate surface area is 110 Å². The molecule has 0 amide bonds. The summed E-state index contributed by atoms with van der Waals surface area (Å²) >= 11 is 11.6. The molecule has 0 spiro atoms. The number of rotatable bonds is 4. The molecule has 0 aromatic heterocycles. The number of benzene rings is 1. The molecule has 5 heteroatoms. The van der Waals surface area contributed by atoms with E-state index in [1.54, 1.807) is 12.1 Å². The van der Waals surface area contributed by atoms with Crippen molar-refractivity contribution in [2.75, 3.05) is 19.1 Å². The van der Waals surface area contributed by atoms with Gasteiger partial charge in [-0.1, -0.05) is 11.6 Å². The van der Waals surface area contributed by atoms with Crippen LogP contribution in [0.2, 0.25) is 5.02 Å². The topological polar surface area (TPSA) is 35.5 Å². The maximum atomic E-state index is 11.9. The first-order valence-corrected chi connectivity index (χ1v) is 6.32. The zero-order valence-corrected chi connectivity index (χ0v) is 10.7. The van der Waals surface area contributed by atoms with Crippen LogP contribution in [0.15, 0.2) is 12.1 Å². The van der Waals surface area contributed by atoms with Gasteiger partial charge in [-0.25, -0.2) is 0 Å². The van der Waals surface area contributed by atoms with E-state index >= 15 is 0 Å². The highest BCUT2D eigenvalue weighted by Gasteiger charge is 2.18. The van der Waals surface area contributed by atoms with E-state index < -0.39 is 0 Å². The molecular weight excluding hydrogens is 263 g/mol. The Morgan fingerprint density at radius 1 is 1.24 bits per heavy atom. The van der Waals surface area contributed by atoms with Crippen LogP contribution in [0.1, 0.15) is 23.2 Å². The first kappa shape index (κ1) is 12.5. The maximum absolute atomic E-state index is 11.9. The number of hydrogen-bond acceptors (Lipinski definition) is 3. The number of alkyl halides is 1. The molecule has 0 bridgehead atoms. The minimum atomic E-state index is -0.0207. The summed E-state index contributed by atoms with van der Waals surface area (Å²) in [5.41, 5.74) is 0.473. The van der Waals surface area contributed by atoms with E-state index in [1.807, 2.05) is 0 Å². The molecule has 1 heterocycles. The number of Topliss-reactive ketones (excluding diaryl/α,β-unsaturated/α-hetero) is 1. The van der Waals surface area contributed by atoms with Crippen LogP contribution in [0.3, 0.4) is 0 Å². The molecule has 17 heavy (non-hydrogen) atoms. The molecule has 1 aromatic carbocycles. The van der Waals surface area contributed by atoms with Gasteiger partial charge >= 0.3 is 0 Å². The molecular formula is C12H12Cl2O3.